The molecule has 5 unspecified atom stereocenters. The first-order chi connectivity index (χ1) is 15.2. The lowest BCUT2D eigenvalue weighted by Gasteiger charge is -2.28. The summed E-state index contributed by atoms with van der Waals surface area (Å²) in [4.78, 5) is 27.6. The molecule has 0 amide bonds. The average molecular weight is 466 g/mol. The van der Waals surface area contributed by atoms with E-state index in [-0.39, 0.29) is 5.82 Å². The summed E-state index contributed by atoms with van der Waals surface area (Å²) in [6.45, 7) is 3.17. The fraction of sp³-hybridized carbons (Fsp3) is 0.450. The van der Waals surface area contributed by atoms with Gasteiger partial charge in [0.05, 0.1) is 19.3 Å². The number of ether oxygens (including phenoxy) is 2. The lowest BCUT2D eigenvalue weighted by molar-refractivity contribution is -0.142. The van der Waals surface area contributed by atoms with Crippen molar-refractivity contribution in [3.05, 3.63) is 53.1 Å². The molecule has 0 bridgehead atoms. The molecule has 12 heteroatoms. The smallest absolute Gasteiger partial charge is 0.459 e. The molecule has 3 N–H and O–H groups in total. The molecular formula is C20H27N4O7P. The van der Waals surface area contributed by atoms with Crippen LogP contribution in [0, 0.1) is 0 Å². The number of rotatable bonds is 9. The Balaban J connectivity index is 1.72. The highest BCUT2D eigenvalue weighted by Gasteiger charge is 2.39. The summed E-state index contributed by atoms with van der Waals surface area (Å²) >= 11 is 0. The van der Waals surface area contributed by atoms with Gasteiger partial charge in [-0.25, -0.2) is 9.36 Å². The van der Waals surface area contributed by atoms with Crippen LogP contribution in [0.3, 0.4) is 0 Å². The van der Waals surface area contributed by atoms with Gasteiger partial charge in [0, 0.05) is 6.20 Å². The molecule has 1 aromatic carbocycles. The maximum atomic E-state index is 13.5. The zero-order chi connectivity index (χ0) is 23.3. The van der Waals surface area contributed by atoms with Gasteiger partial charge in [0.25, 0.3) is 0 Å². The Hall–Kier alpha value is -2.72. The molecule has 1 fully saturated rings. The quantitative estimate of drug-likeness (QED) is 0.417. The van der Waals surface area contributed by atoms with Crippen molar-refractivity contribution >= 4 is 19.5 Å². The summed E-state index contributed by atoms with van der Waals surface area (Å²) in [5, 5.41) is 2.61. The highest BCUT2D eigenvalue weighted by Crippen LogP contribution is 2.47. The second-order valence-corrected chi connectivity index (χ2v) is 8.98. The van der Waals surface area contributed by atoms with Crippen molar-refractivity contribution in [3.8, 4) is 5.75 Å². The maximum Gasteiger partial charge on any atom is 0.459 e. The lowest BCUT2D eigenvalue weighted by Crippen LogP contribution is -2.37. The number of hydrogen-bond donors (Lipinski definition) is 2. The Morgan fingerprint density at radius 1 is 1.28 bits per heavy atom. The van der Waals surface area contributed by atoms with Gasteiger partial charge in [0.1, 0.15) is 23.8 Å². The fourth-order valence-electron chi connectivity index (χ4n) is 3.29. The minimum absolute atomic E-state index is 0.127. The number of carbonyl (C=O) groups excluding carboxylic acids is 1. The van der Waals surface area contributed by atoms with Gasteiger partial charge in [-0.3, -0.25) is 13.9 Å². The average Bonchev–Trinajstić information content (AvgIpc) is 3.23. The topological polar surface area (TPSA) is 144 Å². The monoisotopic (exact) mass is 466 g/mol. The Morgan fingerprint density at radius 3 is 2.66 bits per heavy atom. The molecular weight excluding hydrogens is 439 g/mol. The number of nitrogens with one attached hydrogen (secondary N) is 1. The Bertz CT molecular complexity index is 1030. The van der Waals surface area contributed by atoms with Crippen molar-refractivity contribution in [2.75, 3.05) is 12.8 Å². The first-order valence-electron chi connectivity index (χ1n) is 10.1. The summed E-state index contributed by atoms with van der Waals surface area (Å²) in [5.41, 5.74) is 5.02. The van der Waals surface area contributed by atoms with Crippen molar-refractivity contribution in [1.29, 1.82) is 0 Å². The standard InChI is InChI=1S/C20H27N4O7P/c1-13(19(25)28-3)23-32(27,31-15-7-5-4-6-8-15)30-14(2)16-9-10-18(29-16)24-12-11-17(21)22-20(24)26/h4-8,11-14,16,18H,9-10H2,1-3H3,(H,23,27)(H2,21,22,26). The van der Waals surface area contributed by atoms with E-state index in [1.54, 1.807) is 37.3 Å². The number of nitrogens with two attached hydrogens (primary N) is 1. The van der Waals surface area contributed by atoms with Crippen LogP contribution in [0.5, 0.6) is 5.75 Å². The van der Waals surface area contributed by atoms with Gasteiger partial charge in [-0.1, -0.05) is 18.2 Å². The predicted octanol–water partition coefficient (Wildman–Crippen LogP) is 2.25. The fourth-order valence-corrected chi connectivity index (χ4v) is 5.00. The molecule has 2 heterocycles. The number of carbonyl (C=O) groups is 1. The molecule has 1 saturated heterocycles. The summed E-state index contributed by atoms with van der Waals surface area (Å²) in [6, 6.07) is 9.02. The normalized spacial score (nSPS) is 22.0. The minimum atomic E-state index is -4.01. The van der Waals surface area contributed by atoms with E-state index in [4.69, 9.17) is 19.5 Å². The highest BCUT2D eigenvalue weighted by molar-refractivity contribution is 7.52. The molecule has 1 aromatic heterocycles. The van der Waals surface area contributed by atoms with E-state index in [0.717, 1.165) is 0 Å². The van der Waals surface area contributed by atoms with Crippen LogP contribution in [0.1, 0.15) is 32.9 Å². The number of esters is 1. The van der Waals surface area contributed by atoms with Gasteiger partial charge < -0.3 is 19.7 Å². The van der Waals surface area contributed by atoms with Crippen molar-refractivity contribution in [2.24, 2.45) is 0 Å². The van der Waals surface area contributed by atoms with Crippen LogP contribution < -0.4 is 21.0 Å². The Labute approximate surface area is 185 Å². The molecule has 2 aromatic rings. The summed E-state index contributed by atoms with van der Waals surface area (Å²) in [6.07, 6.45) is 0.867. The number of aromatic nitrogens is 2. The molecule has 1 aliphatic heterocycles. The van der Waals surface area contributed by atoms with Crippen LogP contribution in [0.4, 0.5) is 5.82 Å². The highest BCUT2D eigenvalue weighted by atomic mass is 31.2. The van der Waals surface area contributed by atoms with E-state index in [9.17, 15) is 14.2 Å². The van der Waals surface area contributed by atoms with Gasteiger partial charge in [-0.05, 0) is 44.9 Å². The van der Waals surface area contributed by atoms with Gasteiger partial charge in [0.15, 0.2) is 0 Å². The molecule has 0 saturated carbocycles. The SMILES string of the molecule is COC(=O)C(C)NP(=O)(Oc1ccccc1)OC(C)C1CCC(n2ccc(N)nc2=O)O1. The lowest BCUT2D eigenvalue weighted by atomic mass is 10.1. The van der Waals surface area contributed by atoms with Crippen LogP contribution in [0.25, 0.3) is 0 Å². The van der Waals surface area contributed by atoms with Crippen molar-refractivity contribution in [2.45, 2.75) is 51.2 Å². The van der Waals surface area contributed by atoms with E-state index >= 15 is 0 Å². The van der Waals surface area contributed by atoms with Gasteiger partial charge in [-0.15, -0.1) is 0 Å². The first kappa shape index (κ1) is 23.9. The summed E-state index contributed by atoms with van der Waals surface area (Å²) in [7, 11) is -2.78. The third-order valence-corrected chi connectivity index (χ3v) is 6.66. The third kappa shape index (κ3) is 5.95. The number of nitrogen functional groups attached to an aromatic ring is 1. The van der Waals surface area contributed by atoms with E-state index in [1.807, 2.05) is 0 Å². The van der Waals surface area contributed by atoms with Crippen LogP contribution in [-0.4, -0.2) is 40.9 Å². The van der Waals surface area contributed by atoms with Crippen LogP contribution in [-0.2, 0) is 23.4 Å². The van der Waals surface area contributed by atoms with Crippen molar-refractivity contribution < 1.29 is 27.9 Å². The number of para-hydroxylation sites is 1. The number of benzene rings is 1. The first-order valence-corrected chi connectivity index (χ1v) is 11.6. The molecule has 5 atom stereocenters. The van der Waals surface area contributed by atoms with Gasteiger partial charge in [-0.2, -0.15) is 10.1 Å². The number of methoxy groups -OCH3 is 1. The van der Waals surface area contributed by atoms with Crippen LogP contribution in [0.15, 0.2) is 47.4 Å². The van der Waals surface area contributed by atoms with E-state index < -0.39 is 43.9 Å². The number of anilines is 1. The predicted molar refractivity (Wildman–Crippen MR) is 116 cm³/mol. The summed E-state index contributed by atoms with van der Waals surface area (Å²) < 4.78 is 36.9. The maximum absolute atomic E-state index is 13.5. The van der Waals surface area contributed by atoms with Gasteiger partial charge in [0.2, 0.25) is 0 Å². The number of nitrogens with zero attached hydrogens (tertiary/aromatic N) is 2. The molecule has 1 aliphatic rings. The third-order valence-electron chi connectivity index (χ3n) is 4.90. The minimum Gasteiger partial charge on any atom is -0.468 e. The second-order valence-electron chi connectivity index (χ2n) is 7.34. The van der Waals surface area contributed by atoms with E-state index in [1.165, 1.54) is 30.9 Å². The summed E-state index contributed by atoms with van der Waals surface area (Å²) in [5.74, 6) is -0.190. The van der Waals surface area contributed by atoms with E-state index in [0.29, 0.717) is 18.6 Å². The zero-order valence-electron chi connectivity index (χ0n) is 18.0. The molecule has 0 radical (unpaired) electrons. The molecule has 174 valence electrons. The zero-order valence-corrected chi connectivity index (χ0v) is 18.9. The Morgan fingerprint density at radius 2 is 2.00 bits per heavy atom. The molecule has 3 rings (SSSR count). The molecule has 11 nitrogen and oxygen atoms in total. The van der Waals surface area contributed by atoms with Crippen LogP contribution in [0.2, 0.25) is 0 Å². The second kappa shape index (κ2) is 10.3. The molecule has 0 aliphatic carbocycles. The van der Waals surface area contributed by atoms with Crippen molar-refractivity contribution in [1.82, 2.24) is 14.6 Å². The Kier molecular flexibility index (Phi) is 7.68. The number of hydrogen-bond acceptors (Lipinski definition) is 9. The van der Waals surface area contributed by atoms with E-state index in [2.05, 4.69) is 14.8 Å². The largest absolute Gasteiger partial charge is 0.468 e. The van der Waals surface area contributed by atoms with Gasteiger partial charge >= 0.3 is 19.4 Å². The van der Waals surface area contributed by atoms with Crippen molar-refractivity contribution in [3.63, 3.8) is 0 Å². The van der Waals surface area contributed by atoms with Crippen LogP contribution >= 0.6 is 7.75 Å². The molecule has 0 spiro atoms. The molecule has 32 heavy (non-hydrogen) atoms.